The Morgan fingerprint density at radius 2 is 1.56 bits per heavy atom. The van der Waals surface area contributed by atoms with Crippen molar-refractivity contribution >= 4 is 16.7 Å². The first-order chi connectivity index (χ1) is 12.9. The minimum atomic E-state index is -1.29. The fourth-order valence-electron chi connectivity index (χ4n) is 3.17. The summed E-state index contributed by atoms with van der Waals surface area (Å²) in [4.78, 5) is 13.0. The average Bonchev–Trinajstić information content (AvgIpc) is 2.71. The highest BCUT2D eigenvalue weighted by atomic mass is 16.6. The van der Waals surface area contributed by atoms with Crippen molar-refractivity contribution in [1.82, 2.24) is 0 Å². The Morgan fingerprint density at radius 1 is 0.926 bits per heavy atom. The zero-order chi connectivity index (χ0) is 19.5. The molecule has 2 atom stereocenters. The lowest BCUT2D eigenvalue weighted by Gasteiger charge is -2.30. The molecule has 4 nitrogen and oxygen atoms in total. The molecule has 0 saturated carbocycles. The van der Waals surface area contributed by atoms with Gasteiger partial charge in [0, 0.05) is 12.7 Å². The third kappa shape index (κ3) is 3.72. The summed E-state index contributed by atoms with van der Waals surface area (Å²) in [6.45, 7) is 3.14. The lowest BCUT2D eigenvalue weighted by molar-refractivity contribution is -0.175. The van der Waals surface area contributed by atoms with E-state index >= 15 is 0 Å². The highest BCUT2D eigenvalue weighted by molar-refractivity contribution is 5.92. The second-order valence-electron chi connectivity index (χ2n) is 6.98. The Labute approximate surface area is 159 Å². The van der Waals surface area contributed by atoms with Crippen molar-refractivity contribution in [1.29, 1.82) is 0 Å². The normalized spacial score (nSPS) is 15.7. The van der Waals surface area contributed by atoms with Crippen molar-refractivity contribution in [2.75, 3.05) is 13.7 Å². The maximum atomic E-state index is 13.0. The van der Waals surface area contributed by atoms with Gasteiger partial charge in [-0.15, -0.1) is 0 Å². The van der Waals surface area contributed by atoms with Crippen LogP contribution in [0.25, 0.3) is 10.8 Å². The minimum Gasteiger partial charge on any atom is -0.460 e. The molecule has 3 rings (SSSR count). The molecule has 0 unspecified atom stereocenters. The van der Waals surface area contributed by atoms with Gasteiger partial charge in [-0.25, -0.2) is 4.79 Å². The Kier molecular flexibility index (Phi) is 5.31. The van der Waals surface area contributed by atoms with Gasteiger partial charge >= 0.3 is 5.97 Å². The zero-order valence-electron chi connectivity index (χ0n) is 15.8. The third-order valence-electron chi connectivity index (χ3n) is 4.98. The molecule has 0 bridgehead atoms. The van der Waals surface area contributed by atoms with E-state index in [9.17, 15) is 9.90 Å². The van der Waals surface area contributed by atoms with Crippen molar-refractivity contribution in [3.63, 3.8) is 0 Å². The van der Waals surface area contributed by atoms with Crippen molar-refractivity contribution < 1.29 is 19.4 Å². The summed E-state index contributed by atoms with van der Waals surface area (Å²) in [7, 11) is 1.48. The van der Waals surface area contributed by atoms with E-state index in [1.54, 1.807) is 26.0 Å². The predicted octanol–water partition coefficient (Wildman–Crippen LogP) is 4.15. The Morgan fingerprint density at radius 3 is 2.26 bits per heavy atom. The monoisotopic (exact) mass is 364 g/mol. The number of carbonyl (C=O) groups is 1. The van der Waals surface area contributed by atoms with Gasteiger partial charge in [-0.05, 0) is 30.2 Å². The van der Waals surface area contributed by atoms with Crippen molar-refractivity contribution in [2.45, 2.75) is 25.0 Å². The molecule has 27 heavy (non-hydrogen) atoms. The largest absolute Gasteiger partial charge is 0.460 e. The standard InChI is InChI=1S/C23H24O4/c1-22(25,18-12-5-4-6-13-18)16-27-21(24)23(2,26-3)20-15-9-11-17-10-7-8-14-19(17)20/h4-15,25H,16H2,1-3H3/t22-,23-/m0/s1. The first-order valence-corrected chi connectivity index (χ1v) is 8.87. The molecular weight excluding hydrogens is 340 g/mol. The third-order valence-corrected chi connectivity index (χ3v) is 4.98. The molecule has 140 valence electrons. The van der Waals surface area contributed by atoms with E-state index in [1.165, 1.54) is 7.11 Å². The molecule has 0 fully saturated rings. The van der Waals surface area contributed by atoms with Crippen LogP contribution in [0.2, 0.25) is 0 Å². The first kappa shape index (κ1) is 19.1. The van der Waals surface area contributed by atoms with Gasteiger partial charge < -0.3 is 14.6 Å². The maximum absolute atomic E-state index is 13.0. The fourth-order valence-corrected chi connectivity index (χ4v) is 3.17. The van der Waals surface area contributed by atoms with Crippen LogP contribution in [0, 0.1) is 0 Å². The predicted molar refractivity (Wildman–Crippen MR) is 105 cm³/mol. The number of hydrogen-bond acceptors (Lipinski definition) is 4. The summed E-state index contributed by atoms with van der Waals surface area (Å²) in [5.74, 6) is -0.544. The molecule has 0 aliphatic heterocycles. The van der Waals surface area contributed by atoms with Crippen LogP contribution in [0.1, 0.15) is 25.0 Å². The van der Waals surface area contributed by atoms with Crippen molar-refractivity contribution in [3.8, 4) is 0 Å². The van der Waals surface area contributed by atoms with E-state index in [0.29, 0.717) is 5.56 Å². The lowest BCUT2D eigenvalue weighted by atomic mass is 9.90. The van der Waals surface area contributed by atoms with E-state index in [-0.39, 0.29) is 6.61 Å². The SMILES string of the molecule is CO[C@](C)(C(=O)OC[C@](C)(O)c1ccccc1)c1cccc2ccccc12. The number of rotatable bonds is 6. The zero-order valence-corrected chi connectivity index (χ0v) is 15.8. The average molecular weight is 364 g/mol. The van der Waals surface area contributed by atoms with Crippen LogP contribution < -0.4 is 0 Å². The van der Waals surface area contributed by atoms with Gasteiger partial charge in [0.25, 0.3) is 0 Å². The molecule has 0 aliphatic carbocycles. The summed E-state index contributed by atoms with van der Waals surface area (Å²) < 4.78 is 11.1. The van der Waals surface area contributed by atoms with Gasteiger partial charge in [0.2, 0.25) is 0 Å². The van der Waals surface area contributed by atoms with Gasteiger partial charge in [0.15, 0.2) is 5.60 Å². The van der Waals surface area contributed by atoms with Crippen molar-refractivity contribution in [3.05, 3.63) is 83.9 Å². The summed E-state index contributed by atoms with van der Waals surface area (Å²) in [5, 5.41) is 12.6. The van der Waals surface area contributed by atoms with Crippen molar-refractivity contribution in [2.24, 2.45) is 0 Å². The summed E-state index contributed by atoms with van der Waals surface area (Å²) in [6.07, 6.45) is 0. The highest BCUT2D eigenvalue weighted by Crippen LogP contribution is 2.33. The lowest BCUT2D eigenvalue weighted by Crippen LogP contribution is -2.39. The summed E-state index contributed by atoms with van der Waals surface area (Å²) in [5.41, 5.74) is -1.16. The number of methoxy groups -OCH3 is 1. The summed E-state index contributed by atoms with van der Waals surface area (Å²) >= 11 is 0. The van der Waals surface area contributed by atoms with Crippen LogP contribution >= 0.6 is 0 Å². The number of benzene rings is 3. The Hall–Kier alpha value is -2.69. The molecular formula is C23H24O4. The number of carbonyl (C=O) groups excluding carboxylic acids is 1. The molecule has 0 spiro atoms. The molecule has 0 heterocycles. The molecule has 3 aromatic rings. The second-order valence-corrected chi connectivity index (χ2v) is 6.98. The quantitative estimate of drug-likeness (QED) is 0.668. The molecule has 3 aromatic carbocycles. The Bertz CT molecular complexity index is 928. The van der Waals surface area contributed by atoms with E-state index in [2.05, 4.69) is 0 Å². The number of fused-ring (bicyclic) bond motifs is 1. The highest BCUT2D eigenvalue weighted by Gasteiger charge is 2.39. The van der Waals surface area contributed by atoms with E-state index < -0.39 is 17.2 Å². The molecule has 0 radical (unpaired) electrons. The van der Waals surface area contributed by atoms with Crippen LogP contribution in [-0.4, -0.2) is 24.8 Å². The van der Waals surface area contributed by atoms with E-state index in [4.69, 9.17) is 9.47 Å². The first-order valence-electron chi connectivity index (χ1n) is 8.87. The van der Waals surface area contributed by atoms with Crippen LogP contribution in [0.5, 0.6) is 0 Å². The molecule has 1 N–H and O–H groups in total. The fraction of sp³-hybridized carbons (Fsp3) is 0.261. The number of ether oxygens (including phenoxy) is 2. The van der Waals surface area contributed by atoms with E-state index in [0.717, 1.165) is 16.3 Å². The minimum absolute atomic E-state index is 0.167. The van der Waals surface area contributed by atoms with Gasteiger partial charge in [-0.1, -0.05) is 72.8 Å². The van der Waals surface area contributed by atoms with Gasteiger partial charge in [0.05, 0.1) is 0 Å². The topological polar surface area (TPSA) is 55.8 Å². The van der Waals surface area contributed by atoms with Crippen LogP contribution in [-0.2, 0) is 25.5 Å². The van der Waals surface area contributed by atoms with Crippen LogP contribution in [0.4, 0.5) is 0 Å². The van der Waals surface area contributed by atoms with Gasteiger partial charge in [-0.2, -0.15) is 0 Å². The van der Waals surface area contributed by atoms with Crippen LogP contribution in [0.15, 0.2) is 72.8 Å². The Balaban J connectivity index is 1.87. The molecule has 4 heteroatoms. The molecule has 0 aromatic heterocycles. The maximum Gasteiger partial charge on any atom is 0.342 e. The molecule has 0 saturated heterocycles. The van der Waals surface area contributed by atoms with Gasteiger partial charge in [-0.3, -0.25) is 0 Å². The molecule has 0 amide bonds. The smallest absolute Gasteiger partial charge is 0.342 e. The van der Waals surface area contributed by atoms with Gasteiger partial charge in [0.1, 0.15) is 12.2 Å². The summed E-state index contributed by atoms with van der Waals surface area (Å²) in [6, 6.07) is 22.7. The number of aliphatic hydroxyl groups is 1. The molecule has 0 aliphatic rings. The number of esters is 1. The number of hydrogen-bond donors (Lipinski definition) is 1. The van der Waals surface area contributed by atoms with Crippen LogP contribution in [0.3, 0.4) is 0 Å². The second kappa shape index (κ2) is 7.51. The van der Waals surface area contributed by atoms with E-state index in [1.807, 2.05) is 60.7 Å².